The second-order valence-electron chi connectivity index (χ2n) is 13.4. The molecule has 5 aliphatic rings. The van der Waals surface area contributed by atoms with Crippen molar-refractivity contribution in [3.63, 3.8) is 0 Å². The van der Waals surface area contributed by atoms with Crippen LogP contribution in [0.1, 0.15) is 84.7 Å². The lowest BCUT2D eigenvalue weighted by Gasteiger charge is -2.41. The Labute approximate surface area is 241 Å². The van der Waals surface area contributed by atoms with Gasteiger partial charge in [-0.2, -0.15) is 0 Å². The number of amides is 1. The minimum atomic E-state index is -0.915. The number of carboxylic acids is 1. The van der Waals surface area contributed by atoms with Crippen LogP contribution in [0.4, 0.5) is 0 Å². The Morgan fingerprint density at radius 2 is 1.73 bits per heavy atom. The molecule has 7 heteroatoms. The molecule has 2 saturated carbocycles. The highest BCUT2D eigenvalue weighted by Crippen LogP contribution is 2.68. The third kappa shape index (κ3) is 3.60. The number of ether oxygens (including phenoxy) is 1. The van der Waals surface area contributed by atoms with E-state index in [1.807, 2.05) is 18.2 Å². The molecule has 0 spiro atoms. The van der Waals surface area contributed by atoms with E-state index >= 15 is 0 Å². The molecule has 1 amide bonds. The zero-order valence-corrected chi connectivity index (χ0v) is 24.1. The Morgan fingerprint density at radius 3 is 2.44 bits per heavy atom. The number of carboxylic acid groups (broad SMARTS) is 1. The van der Waals surface area contributed by atoms with Gasteiger partial charge in [0.25, 0.3) is 0 Å². The van der Waals surface area contributed by atoms with Gasteiger partial charge in [-0.3, -0.25) is 4.79 Å². The largest absolute Gasteiger partial charge is 0.496 e. The molecule has 4 unspecified atom stereocenters. The van der Waals surface area contributed by atoms with E-state index in [-0.39, 0.29) is 18.0 Å². The predicted molar refractivity (Wildman–Crippen MR) is 158 cm³/mol. The van der Waals surface area contributed by atoms with Gasteiger partial charge in [0.1, 0.15) is 5.75 Å². The predicted octanol–water partition coefficient (Wildman–Crippen LogP) is 5.86. The van der Waals surface area contributed by atoms with Gasteiger partial charge in [0.2, 0.25) is 5.91 Å². The highest BCUT2D eigenvalue weighted by Gasteiger charge is 2.66. The Kier molecular flexibility index (Phi) is 5.63. The normalized spacial score (nSPS) is 29.0. The zero-order chi connectivity index (χ0) is 28.0. The van der Waals surface area contributed by atoms with Gasteiger partial charge in [0.15, 0.2) is 0 Å². The summed E-state index contributed by atoms with van der Waals surface area (Å²) in [7, 11) is 3.91. The van der Waals surface area contributed by atoms with Crippen LogP contribution in [0.2, 0.25) is 0 Å². The summed E-state index contributed by atoms with van der Waals surface area (Å²) < 4.78 is 8.36. The monoisotopic (exact) mass is 553 g/mol. The lowest BCUT2D eigenvalue weighted by Crippen LogP contribution is -2.57. The number of aromatic nitrogens is 1. The number of aromatic carboxylic acids is 1. The van der Waals surface area contributed by atoms with Crippen LogP contribution in [-0.2, 0) is 11.3 Å². The van der Waals surface area contributed by atoms with Gasteiger partial charge < -0.3 is 24.2 Å². The smallest absolute Gasteiger partial charge is 0.335 e. The molecule has 1 aromatic heterocycles. The van der Waals surface area contributed by atoms with Gasteiger partial charge in [0, 0.05) is 59.7 Å². The molecule has 3 aliphatic heterocycles. The summed E-state index contributed by atoms with van der Waals surface area (Å²) in [6, 6.07) is 12.5. The second kappa shape index (κ2) is 9.09. The molecule has 4 heterocycles. The molecule has 2 bridgehead atoms. The Bertz CT molecular complexity index is 1570. The first-order valence-corrected chi connectivity index (χ1v) is 15.5. The summed E-state index contributed by atoms with van der Waals surface area (Å²) in [5.41, 5.74) is 5.57. The van der Waals surface area contributed by atoms with E-state index in [1.54, 1.807) is 13.2 Å². The number of hydrogen-bond acceptors (Lipinski definition) is 4. The number of likely N-dealkylation sites (tertiary alicyclic amines) is 1. The highest BCUT2D eigenvalue weighted by molar-refractivity contribution is 6.00. The number of nitrogens with zero attached hydrogens (tertiary/aromatic N) is 3. The molecular weight excluding hydrogens is 514 g/mol. The molecule has 8 rings (SSSR count). The summed E-state index contributed by atoms with van der Waals surface area (Å²) in [4.78, 5) is 31.6. The van der Waals surface area contributed by atoms with Crippen LogP contribution in [0.25, 0.3) is 22.2 Å². The second-order valence-corrected chi connectivity index (χ2v) is 13.4. The van der Waals surface area contributed by atoms with E-state index in [2.05, 4.69) is 33.5 Å². The van der Waals surface area contributed by atoms with E-state index in [9.17, 15) is 14.7 Å². The number of methoxy groups -OCH3 is 1. The van der Waals surface area contributed by atoms with E-state index in [4.69, 9.17) is 4.74 Å². The first-order valence-electron chi connectivity index (χ1n) is 15.5. The van der Waals surface area contributed by atoms with Crippen molar-refractivity contribution in [1.29, 1.82) is 0 Å². The Balaban J connectivity index is 1.37. The minimum Gasteiger partial charge on any atom is -0.496 e. The first-order chi connectivity index (χ1) is 19.9. The van der Waals surface area contributed by atoms with Crippen molar-refractivity contribution in [3.8, 4) is 17.0 Å². The number of likely N-dealkylation sites (N-methyl/N-ethyl adjacent to an activating group) is 1. The quantitative estimate of drug-likeness (QED) is 0.438. The van der Waals surface area contributed by atoms with Gasteiger partial charge in [-0.1, -0.05) is 37.5 Å². The van der Waals surface area contributed by atoms with Crippen molar-refractivity contribution in [2.24, 2.45) is 5.41 Å². The number of fused-ring (bicyclic) bond motifs is 9. The van der Waals surface area contributed by atoms with Crippen LogP contribution in [0.15, 0.2) is 36.4 Å². The van der Waals surface area contributed by atoms with Gasteiger partial charge in [-0.25, -0.2) is 4.79 Å². The number of hydrogen-bond donors (Lipinski definition) is 1. The summed E-state index contributed by atoms with van der Waals surface area (Å²) >= 11 is 0. The van der Waals surface area contributed by atoms with E-state index in [1.165, 1.54) is 36.1 Å². The van der Waals surface area contributed by atoms with Gasteiger partial charge in [-0.15, -0.1) is 0 Å². The van der Waals surface area contributed by atoms with Crippen LogP contribution < -0.4 is 4.74 Å². The molecule has 4 atom stereocenters. The maximum atomic E-state index is 14.8. The molecule has 2 aromatic carbocycles. The van der Waals surface area contributed by atoms with Crippen LogP contribution in [0, 0.1) is 5.41 Å². The number of piperazine rings is 1. The molecule has 0 radical (unpaired) electrons. The van der Waals surface area contributed by atoms with Crippen LogP contribution in [0.5, 0.6) is 5.75 Å². The summed E-state index contributed by atoms with van der Waals surface area (Å²) in [5.74, 6) is 0.761. The van der Waals surface area contributed by atoms with E-state index < -0.39 is 11.4 Å². The maximum absolute atomic E-state index is 14.8. The number of carbonyl (C=O) groups excluding carboxylic acids is 1. The molecule has 7 nitrogen and oxygen atoms in total. The van der Waals surface area contributed by atoms with Crippen LogP contribution >= 0.6 is 0 Å². The molecular formula is C34H39N3O4. The fourth-order valence-corrected chi connectivity index (χ4v) is 9.20. The van der Waals surface area contributed by atoms with Crippen molar-refractivity contribution in [3.05, 3.63) is 53.1 Å². The summed E-state index contributed by atoms with van der Waals surface area (Å²) in [5, 5.41) is 11.1. The summed E-state index contributed by atoms with van der Waals surface area (Å²) in [6.45, 7) is 2.46. The van der Waals surface area contributed by atoms with Crippen molar-refractivity contribution < 1.29 is 19.4 Å². The molecule has 41 heavy (non-hydrogen) atoms. The Morgan fingerprint density at radius 1 is 0.976 bits per heavy atom. The maximum Gasteiger partial charge on any atom is 0.335 e. The first kappa shape index (κ1) is 25.4. The molecule has 4 fully saturated rings. The molecule has 2 saturated heterocycles. The van der Waals surface area contributed by atoms with Crippen molar-refractivity contribution in [2.75, 3.05) is 27.2 Å². The topological polar surface area (TPSA) is 75.0 Å². The average molecular weight is 554 g/mol. The van der Waals surface area contributed by atoms with E-state index in [0.29, 0.717) is 23.9 Å². The fraction of sp³-hybridized carbons (Fsp3) is 0.529. The lowest BCUT2D eigenvalue weighted by molar-refractivity contribution is -0.143. The number of benzene rings is 2. The fourth-order valence-electron chi connectivity index (χ4n) is 9.20. The van der Waals surface area contributed by atoms with Crippen LogP contribution in [-0.4, -0.2) is 70.7 Å². The Hall–Kier alpha value is -3.32. The van der Waals surface area contributed by atoms with E-state index in [0.717, 1.165) is 67.4 Å². The lowest BCUT2D eigenvalue weighted by atomic mass is 9.81. The van der Waals surface area contributed by atoms with Gasteiger partial charge in [-0.05, 0) is 68.8 Å². The molecule has 3 aromatic rings. The SMILES string of the molecule is COc1cccc2c1C1CC1(C(=O)N1C3CCC1CN(C)C3)Cn1c-2c(C2CCCCC2)c2ccc(C(=O)O)cc21. The van der Waals surface area contributed by atoms with Gasteiger partial charge >= 0.3 is 5.97 Å². The molecule has 1 N–H and O–H groups in total. The molecule has 2 aliphatic carbocycles. The highest BCUT2D eigenvalue weighted by atomic mass is 16.5. The van der Waals surface area contributed by atoms with Crippen molar-refractivity contribution in [1.82, 2.24) is 14.4 Å². The number of carbonyl (C=O) groups is 2. The van der Waals surface area contributed by atoms with Crippen molar-refractivity contribution >= 4 is 22.8 Å². The standard InChI is InChI=1S/C34H39N3O4/c1-35-17-22-12-13-23(18-35)37(22)33(40)34-16-26(34)30-25(9-6-10-28(30)41-2)31-29(20-7-4-3-5-8-20)24-14-11-21(32(38)39)15-27(24)36(31)19-34/h6,9-11,14-15,20,22-23,26H,3-5,7-8,12-13,16-19H2,1-2H3,(H,38,39). The average Bonchev–Trinajstić information content (AvgIpc) is 3.56. The van der Waals surface area contributed by atoms with Gasteiger partial charge in [0.05, 0.1) is 23.8 Å². The van der Waals surface area contributed by atoms with Crippen LogP contribution in [0.3, 0.4) is 0 Å². The molecule has 214 valence electrons. The third-order valence-corrected chi connectivity index (χ3v) is 11.1. The summed E-state index contributed by atoms with van der Waals surface area (Å²) in [6.07, 6.45) is 8.94. The number of rotatable bonds is 4. The van der Waals surface area contributed by atoms with Crippen molar-refractivity contribution in [2.45, 2.75) is 81.8 Å². The minimum absolute atomic E-state index is 0.0945. The third-order valence-electron chi connectivity index (χ3n) is 11.1. The zero-order valence-electron chi connectivity index (χ0n) is 24.1.